The minimum absolute atomic E-state index is 0.145. The van der Waals surface area contributed by atoms with Gasteiger partial charge in [-0.1, -0.05) is 30.3 Å². The lowest BCUT2D eigenvalue weighted by Crippen LogP contribution is -2.28. The lowest BCUT2D eigenvalue weighted by atomic mass is 10.2. The van der Waals surface area contributed by atoms with E-state index in [1.54, 1.807) is 12.1 Å². The van der Waals surface area contributed by atoms with E-state index < -0.39 is 11.9 Å². The first kappa shape index (κ1) is 19.4. The van der Waals surface area contributed by atoms with Crippen molar-refractivity contribution in [3.05, 3.63) is 76.7 Å². The fourth-order valence-electron chi connectivity index (χ4n) is 2.45. The van der Waals surface area contributed by atoms with Gasteiger partial charge in [0.05, 0.1) is 29.8 Å². The maximum Gasteiger partial charge on any atom is 0.335 e. The van der Waals surface area contributed by atoms with Gasteiger partial charge in [-0.25, -0.2) is 14.6 Å². The molecule has 0 radical (unpaired) electrons. The highest BCUT2D eigenvalue weighted by molar-refractivity contribution is 8.18. The van der Waals surface area contributed by atoms with Crippen LogP contribution in [0.2, 0.25) is 0 Å². The van der Waals surface area contributed by atoms with Gasteiger partial charge in [0.1, 0.15) is 0 Å². The van der Waals surface area contributed by atoms with Crippen LogP contribution in [0.3, 0.4) is 0 Å². The molecule has 1 saturated heterocycles. The van der Waals surface area contributed by atoms with Crippen LogP contribution < -0.4 is 0 Å². The molecule has 142 valence electrons. The van der Waals surface area contributed by atoms with Crippen molar-refractivity contribution in [3.8, 4) is 0 Å². The fraction of sp³-hybridized carbons (Fsp3) is 0.100. The Hall–Kier alpha value is -3.39. The van der Waals surface area contributed by atoms with Crippen molar-refractivity contribution >= 4 is 40.5 Å². The van der Waals surface area contributed by atoms with Crippen molar-refractivity contribution < 1.29 is 24.2 Å². The number of carbonyl (C=O) groups is 3. The fourth-order valence-corrected chi connectivity index (χ4v) is 3.41. The second-order valence-corrected chi connectivity index (χ2v) is 6.77. The Kier molecular flexibility index (Phi) is 5.90. The topological polar surface area (TPSA) is 96.3 Å². The molecule has 7 nitrogen and oxygen atoms in total. The minimum atomic E-state index is -1.03. The number of amidine groups is 1. The van der Waals surface area contributed by atoms with Crippen LogP contribution in [-0.4, -0.2) is 40.1 Å². The van der Waals surface area contributed by atoms with Crippen molar-refractivity contribution in [2.45, 2.75) is 6.54 Å². The smallest absolute Gasteiger partial charge is 0.335 e. The van der Waals surface area contributed by atoms with Gasteiger partial charge in [0.25, 0.3) is 5.91 Å². The number of methoxy groups -OCH3 is 1. The Morgan fingerprint density at radius 1 is 1.14 bits per heavy atom. The maximum atomic E-state index is 12.8. The third-order valence-corrected chi connectivity index (χ3v) is 4.87. The molecule has 0 aromatic heterocycles. The van der Waals surface area contributed by atoms with E-state index in [2.05, 4.69) is 9.73 Å². The Balaban J connectivity index is 1.94. The highest BCUT2D eigenvalue weighted by Crippen LogP contribution is 2.34. The first-order valence-corrected chi connectivity index (χ1v) is 9.05. The summed E-state index contributed by atoms with van der Waals surface area (Å²) in [5.41, 5.74) is 1.55. The molecule has 1 amide bonds. The summed E-state index contributed by atoms with van der Waals surface area (Å²) in [5, 5.41) is 9.39. The molecule has 0 bridgehead atoms. The van der Waals surface area contributed by atoms with Gasteiger partial charge in [-0.3, -0.25) is 9.69 Å². The van der Waals surface area contributed by atoms with E-state index >= 15 is 0 Å². The Morgan fingerprint density at radius 2 is 1.82 bits per heavy atom. The third kappa shape index (κ3) is 4.47. The van der Waals surface area contributed by atoms with Crippen molar-refractivity contribution in [2.75, 3.05) is 7.11 Å². The first-order valence-electron chi connectivity index (χ1n) is 8.23. The van der Waals surface area contributed by atoms with E-state index in [9.17, 15) is 14.4 Å². The maximum absolute atomic E-state index is 12.8. The van der Waals surface area contributed by atoms with Gasteiger partial charge in [0.15, 0.2) is 5.17 Å². The number of aliphatic imine (C=N–C) groups is 1. The number of carbonyl (C=O) groups excluding carboxylic acids is 2. The highest BCUT2D eigenvalue weighted by Gasteiger charge is 2.34. The molecule has 3 rings (SSSR count). The number of carboxylic acids is 1. The van der Waals surface area contributed by atoms with Crippen LogP contribution in [0.5, 0.6) is 0 Å². The molecule has 2 aromatic rings. The zero-order valence-electron chi connectivity index (χ0n) is 14.9. The largest absolute Gasteiger partial charge is 0.478 e. The van der Waals surface area contributed by atoms with E-state index in [1.165, 1.54) is 24.1 Å². The predicted molar refractivity (Wildman–Crippen MR) is 105 cm³/mol. The number of aromatic carboxylic acids is 1. The molecule has 1 N–H and O–H groups in total. The van der Waals surface area contributed by atoms with Crippen LogP contribution in [0.25, 0.3) is 0 Å². The van der Waals surface area contributed by atoms with Crippen molar-refractivity contribution in [1.82, 2.24) is 4.90 Å². The van der Waals surface area contributed by atoms with Gasteiger partial charge < -0.3 is 9.84 Å². The number of nitrogens with zero attached hydrogens (tertiary/aromatic N) is 2. The summed E-state index contributed by atoms with van der Waals surface area (Å²) in [6, 6.07) is 15.4. The van der Waals surface area contributed by atoms with Crippen LogP contribution in [-0.2, 0) is 20.9 Å². The van der Waals surface area contributed by atoms with Crippen LogP contribution in [0.15, 0.2) is 70.6 Å². The SMILES string of the molecule is COC(=O)C=C1SC(=Nc2ccc(C(=O)O)cc2)N(Cc2ccccc2)C1=O. The lowest BCUT2D eigenvalue weighted by Gasteiger charge is -2.15. The molecule has 0 saturated carbocycles. The molecular formula is C20H16N2O5S. The van der Waals surface area contributed by atoms with E-state index in [4.69, 9.17) is 5.11 Å². The van der Waals surface area contributed by atoms with Gasteiger partial charge >= 0.3 is 11.9 Å². The van der Waals surface area contributed by atoms with Gasteiger partial charge in [-0.15, -0.1) is 0 Å². The molecule has 0 atom stereocenters. The molecular weight excluding hydrogens is 380 g/mol. The van der Waals surface area contributed by atoms with Crippen molar-refractivity contribution in [1.29, 1.82) is 0 Å². The monoisotopic (exact) mass is 396 g/mol. The van der Waals surface area contributed by atoms with Crippen LogP contribution >= 0.6 is 11.8 Å². The number of thioether (sulfide) groups is 1. The number of hydrogen-bond acceptors (Lipinski definition) is 6. The number of rotatable bonds is 5. The second kappa shape index (κ2) is 8.53. The molecule has 1 heterocycles. The predicted octanol–water partition coefficient (Wildman–Crippen LogP) is 3.20. The van der Waals surface area contributed by atoms with Gasteiger partial charge in [0, 0.05) is 6.08 Å². The second-order valence-electron chi connectivity index (χ2n) is 5.76. The minimum Gasteiger partial charge on any atom is -0.478 e. The zero-order chi connectivity index (χ0) is 20.1. The summed E-state index contributed by atoms with van der Waals surface area (Å²) in [6.45, 7) is 0.289. The lowest BCUT2D eigenvalue weighted by molar-refractivity contribution is -0.135. The summed E-state index contributed by atoms with van der Waals surface area (Å²) in [6.07, 6.45) is 1.14. The third-order valence-electron chi connectivity index (χ3n) is 3.86. The standard InChI is InChI=1S/C20H16N2O5S/c1-27-17(23)11-16-18(24)22(12-13-5-3-2-4-6-13)20(28-16)21-15-9-7-14(8-10-15)19(25)26/h2-11H,12H2,1H3,(H,25,26). The highest BCUT2D eigenvalue weighted by atomic mass is 32.2. The summed E-state index contributed by atoms with van der Waals surface area (Å²) in [5.74, 6) is -2.00. The molecule has 0 aliphatic carbocycles. The molecule has 0 unspecified atom stereocenters. The summed E-state index contributed by atoms with van der Waals surface area (Å²) >= 11 is 1.07. The van der Waals surface area contributed by atoms with E-state index in [-0.39, 0.29) is 22.9 Å². The van der Waals surface area contributed by atoms with Gasteiger partial charge in [-0.05, 0) is 41.6 Å². The number of carboxylic acid groups (broad SMARTS) is 1. The summed E-state index contributed by atoms with van der Waals surface area (Å²) in [7, 11) is 1.24. The van der Waals surface area contributed by atoms with Crippen molar-refractivity contribution in [3.63, 3.8) is 0 Å². The van der Waals surface area contributed by atoms with Crippen LogP contribution in [0.4, 0.5) is 5.69 Å². The van der Waals surface area contributed by atoms with E-state index in [0.717, 1.165) is 23.4 Å². The molecule has 0 spiro atoms. The Morgan fingerprint density at radius 3 is 2.43 bits per heavy atom. The number of benzene rings is 2. The van der Waals surface area contributed by atoms with Gasteiger partial charge in [0.2, 0.25) is 0 Å². The van der Waals surface area contributed by atoms with E-state index in [1.807, 2.05) is 30.3 Å². The summed E-state index contributed by atoms with van der Waals surface area (Å²) in [4.78, 5) is 41.5. The van der Waals surface area contributed by atoms with Gasteiger partial charge in [-0.2, -0.15) is 0 Å². The number of amides is 1. The number of esters is 1. The summed E-state index contributed by atoms with van der Waals surface area (Å²) < 4.78 is 4.61. The molecule has 1 aliphatic heterocycles. The number of ether oxygens (including phenoxy) is 1. The average molecular weight is 396 g/mol. The van der Waals surface area contributed by atoms with Crippen LogP contribution in [0.1, 0.15) is 15.9 Å². The Bertz CT molecular complexity index is 968. The average Bonchev–Trinajstić information content (AvgIpc) is 2.98. The normalized spacial score (nSPS) is 16.6. The first-order chi connectivity index (χ1) is 13.5. The quantitative estimate of drug-likeness (QED) is 0.616. The molecule has 8 heteroatoms. The molecule has 1 fully saturated rings. The molecule has 28 heavy (non-hydrogen) atoms. The molecule has 1 aliphatic rings. The Labute approximate surface area is 165 Å². The van der Waals surface area contributed by atoms with Crippen molar-refractivity contribution in [2.24, 2.45) is 4.99 Å². The number of hydrogen-bond donors (Lipinski definition) is 1. The van der Waals surface area contributed by atoms with Crippen LogP contribution in [0, 0.1) is 0 Å². The zero-order valence-corrected chi connectivity index (χ0v) is 15.7. The molecule has 2 aromatic carbocycles. The van der Waals surface area contributed by atoms with E-state index in [0.29, 0.717) is 10.9 Å².